The Morgan fingerprint density at radius 3 is 2.31 bits per heavy atom. The summed E-state index contributed by atoms with van der Waals surface area (Å²) < 4.78 is 5.42. The van der Waals surface area contributed by atoms with Gasteiger partial charge in [-0.2, -0.15) is 0 Å². The summed E-state index contributed by atoms with van der Waals surface area (Å²) in [5.41, 5.74) is 0. The summed E-state index contributed by atoms with van der Waals surface area (Å²) in [6.45, 7) is 7.91. The predicted molar refractivity (Wildman–Crippen MR) is 65.2 cm³/mol. The molecule has 0 unspecified atom stereocenters. The predicted octanol–water partition coefficient (Wildman–Crippen LogP) is 2.91. The number of hydrogen-bond donors (Lipinski definition) is 1. The maximum Gasteiger partial charge on any atom is 0.306 e. The molecular formula is C13H26O3. The van der Waals surface area contributed by atoms with E-state index in [1.165, 1.54) is 0 Å². The summed E-state index contributed by atoms with van der Waals surface area (Å²) in [7, 11) is 0. The van der Waals surface area contributed by atoms with E-state index in [0.29, 0.717) is 12.8 Å². The first-order valence-electron chi connectivity index (χ1n) is 6.44. The minimum atomic E-state index is -0.383. The zero-order valence-electron chi connectivity index (χ0n) is 11.0. The highest BCUT2D eigenvalue weighted by molar-refractivity contribution is 5.69. The first-order chi connectivity index (χ1) is 7.56. The normalized spacial score (nSPS) is 16.6. The quantitative estimate of drug-likeness (QED) is 0.652. The van der Waals surface area contributed by atoms with E-state index < -0.39 is 0 Å². The van der Waals surface area contributed by atoms with E-state index in [1.807, 2.05) is 20.8 Å². The van der Waals surface area contributed by atoms with Gasteiger partial charge in [-0.25, -0.2) is 0 Å². The number of esters is 1. The summed E-state index contributed by atoms with van der Waals surface area (Å²) in [6.07, 6.45) is 3.24. The Bertz CT molecular complexity index is 192. The Morgan fingerprint density at radius 1 is 1.25 bits per heavy atom. The molecule has 0 aliphatic rings. The van der Waals surface area contributed by atoms with E-state index in [1.54, 1.807) is 0 Å². The molecule has 0 saturated carbocycles. The highest BCUT2D eigenvalue weighted by atomic mass is 16.5. The lowest BCUT2D eigenvalue weighted by atomic mass is 9.93. The number of rotatable bonds is 8. The van der Waals surface area contributed by atoms with Gasteiger partial charge in [0.15, 0.2) is 0 Å². The summed E-state index contributed by atoms with van der Waals surface area (Å²) >= 11 is 0. The molecule has 1 N–H and O–H groups in total. The van der Waals surface area contributed by atoms with Crippen molar-refractivity contribution in [2.24, 2.45) is 5.92 Å². The van der Waals surface area contributed by atoms with Crippen LogP contribution in [0.4, 0.5) is 0 Å². The van der Waals surface area contributed by atoms with Crippen LogP contribution < -0.4 is 0 Å². The second kappa shape index (κ2) is 8.57. The summed E-state index contributed by atoms with van der Waals surface area (Å²) in [6, 6.07) is 0. The van der Waals surface area contributed by atoms with Gasteiger partial charge in [-0.3, -0.25) is 4.79 Å². The van der Waals surface area contributed by atoms with E-state index in [2.05, 4.69) is 6.92 Å². The van der Waals surface area contributed by atoms with Crippen molar-refractivity contribution >= 4 is 5.97 Å². The topological polar surface area (TPSA) is 46.5 Å². The van der Waals surface area contributed by atoms with Crippen LogP contribution in [-0.2, 0) is 9.53 Å². The van der Waals surface area contributed by atoms with Crippen molar-refractivity contribution in [1.29, 1.82) is 0 Å². The first-order valence-corrected chi connectivity index (χ1v) is 6.44. The number of aliphatic hydroxyl groups excluding tert-OH is 1. The number of aliphatic hydroxyl groups is 1. The molecule has 0 fully saturated rings. The number of hydrogen-bond acceptors (Lipinski definition) is 3. The van der Waals surface area contributed by atoms with Crippen molar-refractivity contribution in [1.82, 2.24) is 0 Å². The van der Waals surface area contributed by atoms with Gasteiger partial charge >= 0.3 is 5.97 Å². The zero-order valence-corrected chi connectivity index (χ0v) is 11.0. The third kappa shape index (κ3) is 5.50. The van der Waals surface area contributed by atoms with Crippen LogP contribution in [0.2, 0.25) is 0 Å². The van der Waals surface area contributed by atoms with Gasteiger partial charge in [0.2, 0.25) is 0 Å². The van der Waals surface area contributed by atoms with Gasteiger partial charge in [-0.15, -0.1) is 0 Å². The van der Waals surface area contributed by atoms with Crippen molar-refractivity contribution < 1.29 is 14.6 Å². The molecule has 0 aromatic heterocycles. The van der Waals surface area contributed by atoms with E-state index in [-0.39, 0.29) is 24.1 Å². The maximum atomic E-state index is 11.4. The number of carbonyl (C=O) groups is 1. The molecule has 0 aromatic carbocycles. The van der Waals surface area contributed by atoms with Crippen LogP contribution >= 0.6 is 0 Å². The lowest BCUT2D eigenvalue weighted by Gasteiger charge is -2.27. The molecule has 96 valence electrons. The Hall–Kier alpha value is -0.570. The second-order valence-electron chi connectivity index (χ2n) is 4.40. The van der Waals surface area contributed by atoms with Crippen molar-refractivity contribution in [2.45, 2.75) is 72.0 Å². The summed E-state index contributed by atoms with van der Waals surface area (Å²) in [5, 5.41) is 9.77. The van der Waals surface area contributed by atoms with Crippen molar-refractivity contribution in [2.75, 3.05) is 0 Å². The molecule has 16 heavy (non-hydrogen) atoms. The largest absolute Gasteiger partial charge is 0.462 e. The fraction of sp³-hybridized carbons (Fsp3) is 0.923. The lowest BCUT2D eigenvalue weighted by molar-refractivity contribution is -0.154. The zero-order chi connectivity index (χ0) is 12.6. The number of ether oxygens (including phenoxy) is 1. The lowest BCUT2D eigenvalue weighted by Crippen LogP contribution is -2.33. The highest BCUT2D eigenvalue weighted by Gasteiger charge is 2.25. The van der Waals surface area contributed by atoms with Gasteiger partial charge < -0.3 is 9.84 Å². The molecule has 0 heterocycles. The van der Waals surface area contributed by atoms with Gasteiger partial charge in [-0.1, -0.05) is 34.1 Å². The minimum absolute atomic E-state index is 0.0192. The van der Waals surface area contributed by atoms with Gasteiger partial charge in [0, 0.05) is 12.3 Å². The van der Waals surface area contributed by atoms with E-state index >= 15 is 0 Å². The smallest absolute Gasteiger partial charge is 0.306 e. The van der Waals surface area contributed by atoms with Crippen LogP contribution in [0.15, 0.2) is 0 Å². The van der Waals surface area contributed by atoms with Crippen molar-refractivity contribution in [3.8, 4) is 0 Å². The molecule has 3 nitrogen and oxygen atoms in total. The Labute approximate surface area is 99.2 Å². The molecule has 0 aromatic rings. The fourth-order valence-corrected chi connectivity index (χ4v) is 1.77. The third-order valence-corrected chi connectivity index (χ3v) is 2.92. The Kier molecular flexibility index (Phi) is 8.26. The van der Waals surface area contributed by atoms with Crippen LogP contribution in [0.25, 0.3) is 0 Å². The van der Waals surface area contributed by atoms with Gasteiger partial charge in [-0.05, 0) is 19.3 Å². The first kappa shape index (κ1) is 15.4. The SMILES string of the molecule is CCCC(=O)O[C@H](CCC)[C@@H](C)[C@H](O)CC. The van der Waals surface area contributed by atoms with E-state index in [4.69, 9.17) is 4.74 Å². The molecule has 0 aliphatic heterocycles. The standard InChI is InChI=1S/C13H26O3/c1-5-8-12(10(4)11(14)7-3)16-13(15)9-6-2/h10-12,14H,5-9H2,1-4H3/t10-,11+,12+/m0/s1. The average molecular weight is 230 g/mol. The third-order valence-electron chi connectivity index (χ3n) is 2.92. The molecule has 0 bridgehead atoms. The van der Waals surface area contributed by atoms with E-state index in [9.17, 15) is 9.90 Å². The van der Waals surface area contributed by atoms with Gasteiger partial charge in [0.1, 0.15) is 6.10 Å². The van der Waals surface area contributed by atoms with Crippen molar-refractivity contribution in [3.63, 3.8) is 0 Å². The van der Waals surface area contributed by atoms with Gasteiger partial charge in [0.25, 0.3) is 0 Å². The molecule has 0 spiro atoms. The summed E-state index contributed by atoms with van der Waals surface area (Å²) in [4.78, 5) is 11.4. The average Bonchev–Trinajstić information content (AvgIpc) is 2.26. The van der Waals surface area contributed by atoms with Crippen LogP contribution in [0, 0.1) is 5.92 Å². The summed E-state index contributed by atoms with van der Waals surface area (Å²) in [5.74, 6) is -0.123. The molecule has 3 atom stereocenters. The molecule has 0 amide bonds. The van der Waals surface area contributed by atoms with Crippen LogP contribution in [0.1, 0.15) is 59.8 Å². The van der Waals surface area contributed by atoms with Crippen LogP contribution in [0.5, 0.6) is 0 Å². The molecular weight excluding hydrogens is 204 g/mol. The molecule has 0 saturated heterocycles. The van der Waals surface area contributed by atoms with Gasteiger partial charge in [0.05, 0.1) is 6.10 Å². The number of carbonyl (C=O) groups excluding carboxylic acids is 1. The van der Waals surface area contributed by atoms with E-state index in [0.717, 1.165) is 19.3 Å². The van der Waals surface area contributed by atoms with Crippen molar-refractivity contribution in [3.05, 3.63) is 0 Å². The Morgan fingerprint density at radius 2 is 1.88 bits per heavy atom. The molecule has 0 radical (unpaired) electrons. The minimum Gasteiger partial charge on any atom is -0.462 e. The second-order valence-corrected chi connectivity index (χ2v) is 4.40. The Balaban J connectivity index is 4.29. The fourth-order valence-electron chi connectivity index (χ4n) is 1.77. The maximum absolute atomic E-state index is 11.4. The molecule has 0 rings (SSSR count). The monoisotopic (exact) mass is 230 g/mol. The molecule has 0 aliphatic carbocycles. The highest BCUT2D eigenvalue weighted by Crippen LogP contribution is 2.19. The molecule has 3 heteroatoms. The van der Waals surface area contributed by atoms with Crippen LogP contribution in [-0.4, -0.2) is 23.3 Å². The van der Waals surface area contributed by atoms with Crippen LogP contribution in [0.3, 0.4) is 0 Å².